The van der Waals surface area contributed by atoms with Crippen LogP contribution in [-0.2, 0) is 4.79 Å². The molecule has 1 aliphatic carbocycles. The van der Waals surface area contributed by atoms with E-state index in [0.29, 0.717) is 24.2 Å². The van der Waals surface area contributed by atoms with Crippen LogP contribution in [0.25, 0.3) is 0 Å². The maximum atomic E-state index is 11.5. The number of rotatable bonds is 5. The average molecular weight is 169 g/mol. The van der Waals surface area contributed by atoms with Gasteiger partial charge in [0.05, 0.1) is 6.04 Å². The summed E-state index contributed by atoms with van der Waals surface area (Å²) in [5.41, 5.74) is 0. The molecule has 0 bridgehead atoms. The van der Waals surface area contributed by atoms with Crippen molar-refractivity contribution in [1.29, 1.82) is 0 Å². The van der Waals surface area contributed by atoms with Crippen LogP contribution >= 0.6 is 0 Å². The first kappa shape index (κ1) is 9.72. The minimum atomic E-state index is 0.148. The Balaban J connectivity index is 2.42. The van der Waals surface area contributed by atoms with Gasteiger partial charge in [0, 0.05) is 12.5 Å². The van der Waals surface area contributed by atoms with E-state index in [1.165, 1.54) is 12.8 Å². The number of carbonyl (C=O) groups is 1. The summed E-state index contributed by atoms with van der Waals surface area (Å²) in [6.07, 6.45) is 3.13. The second kappa shape index (κ2) is 4.04. The lowest BCUT2D eigenvalue weighted by Gasteiger charge is -2.18. The zero-order valence-corrected chi connectivity index (χ0v) is 8.26. The summed E-state index contributed by atoms with van der Waals surface area (Å²) in [6.45, 7) is 6.14. The number of hydrogen-bond acceptors (Lipinski definition) is 2. The summed E-state index contributed by atoms with van der Waals surface area (Å²) < 4.78 is 0. The molecule has 0 amide bonds. The van der Waals surface area contributed by atoms with Gasteiger partial charge in [-0.15, -0.1) is 0 Å². The molecule has 0 aliphatic heterocycles. The molecule has 70 valence electrons. The number of Topliss-reactive ketones (excluding diaryl/α,β-unsaturated/α-hetero) is 1. The number of hydrogen-bond donors (Lipinski definition) is 1. The topological polar surface area (TPSA) is 29.1 Å². The van der Waals surface area contributed by atoms with Gasteiger partial charge in [-0.2, -0.15) is 0 Å². The van der Waals surface area contributed by atoms with Crippen molar-refractivity contribution in [3.63, 3.8) is 0 Å². The Hall–Kier alpha value is -0.370. The summed E-state index contributed by atoms with van der Waals surface area (Å²) in [7, 11) is 0. The Labute approximate surface area is 74.7 Å². The fraction of sp³-hybridized carbons (Fsp3) is 0.900. The van der Waals surface area contributed by atoms with Crippen LogP contribution in [0.5, 0.6) is 0 Å². The van der Waals surface area contributed by atoms with Crippen LogP contribution in [-0.4, -0.2) is 17.9 Å². The zero-order chi connectivity index (χ0) is 9.14. The molecule has 1 rings (SSSR count). The zero-order valence-electron chi connectivity index (χ0n) is 8.26. The van der Waals surface area contributed by atoms with Crippen molar-refractivity contribution >= 4 is 5.78 Å². The summed E-state index contributed by atoms with van der Waals surface area (Å²) in [6, 6.07) is 0.570. The lowest BCUT2D eigenvalue weighted by atomic mass is 10.0. The van der Waals surface area contributed by atoms with Crippen LogP contribution in [0.4, 0.5) is 0 Å². The molecule has 2 heteroatoms. The van der Waals surface area contributed by atoms with Crippen molar-refractivity contribution in [2.45, 2.75) is 52.1 Å². The molecular weight excluding hydrogens is 150 g/mol. The Kier molecular flexibility index (Phi) is 3.27. The predicted molar refractivity (Wildman–Crippen MR) is 50.1 cm³/mol. The smallest absolute Gasteiger partial charge is 0.149 e. The van der Waals surface area contributed by atoms with Crippen LogP contribution in [0.3, 0.4) is 0 Å². The summed E-state index contributed by atoms with van der Waals surface area (Å²) in [5.74, 6) is 1.02. The molecule has 0 aromatic rings. The van der Waals surface area contributed by atoms with Crippen molar-refractivity contribution in [3.8, 4) is 0 Å². The highest BCUT2D eigenvalue weighted by Crippen LogP contribution is 2.33. The van der Waals surface area contributed by atoms with Crippen LogP contribution in [0.15, 0.2) is 0 Å². The molecule has 0 spiro atoms. The molecule has 0 radical (unpaired) electrons. The van der Waals surface area contributed by atoms with Crippen molar-refractivity contribution in [2.24, 2.45) is 5.92 Å². The van der Waals surface area contributed by atoms with E-state index in [4.69, 9.17) is 0 Å². The highest BCUT2D eigenvalue weighted by atomic mass is 16.1. The number of ketones is 1. The van der Waals surface area contributed by atoms with E-state index in [1.807, 2.05) is 6.92 Å². The monoisotopic (exact) mass is 169 g/mol. The Bertz CT molecular complexity index is 161. The van der Waals surface area contributed by atoms with E-state index in [2.05, 4.69) is 19.2 Å². The third-order valence-electron chi connectivity index (χ3n) is 2.30. The molecular formula is C10H19NO. The van der Waals surface area contributed by atoms with Crippen molar-refractivity contribution in [1.82, 2.24) is 5.32 Å². The van der Waals surface area contributed by atoms with Gasteiger partial charge in [-0.25, -0.2) is 0 Å². The van der Waals surface area contributed by atoms with Gasteiger partial charge in [0.15, 0.2) is 0 Å². The summed E-state index contributed by atoms with van der Waals surface area (Å²) in [4.78, 5) is 11.5. The first-order chi connectivity index (χ1) is 5.65. The predicted octanol–water partition coefficient (Wildman–Crippen LogP) is 1.74. The fourth-order valence-electron chi connectivity index (χ4n) is 1.50. The Morgan fingerprint density at radius 2 is 2.08 bits per heavy atom. The molecule has 1 aliphatic rings. The molecule has 0 saturated heterocycles. The van der Waals surface area contributed by atoms with Crippen molar-refractivity contribution in [3.05, 3.63) is 0 Å². The summed E-state index contributed by atoms with van der Waals surface area (Å²) in [5, 5.41) is 3.34. The van der Waals surface area contributed by atoms with E-state index in [9.17, 15) is 4.79 Å². The molecule has 1 fully saturated rings. The highest BCUT2D eigenvalue weighted by molar-refractivity contribution is 5.84. The molecule has 1 atom stereocenters. The van der Waals surface area contributed by atoms with Gasteiger partial charge in [0.2, 0.25) is 0 Å². The SMILES string of the molecule is CCC(=O)[C@H](NC(C)C)C1CC1. The molecule has 0 heterocycles. The van der Waals surface area contributed by atoms with Gasteiger partial charge in [-0.3, -0.25) is 4.79 Å². The normalized spacial score (nSPS) is 19.7. The minimum Gasteiger partial charge on any atom is -0.305 e. The highest BCUT2D eigenvalue weighted by Gasteiger charge is 2.34. The van der Waals surface area contributed by atoms with Gasteiger partial charge in [0.25, 0.3) is 0 Å². The lowest BCUT2D eigenvalue weighted by molar-refractivity contribution is -0.121. The molecule has 1 N–H and O–H groups in total. The van der Waals surface area contributed by atoms with E-state index in [0.717, 1.165) is 0 Å². The third kappa shape index (κ3) is 2.59. The quantitative estimate of drug-likeness (QED) is 0.679. The van der Waals surface area contributed by atoms with Gasteiger partial charge >= 0.3 is 0 Å². The third-order valence-corrected chi connectivity index (χ3v) is 2.30. The molecule has 12 heavy (non-hydrogen) atoms. The molecule has 1 saturated carbocycles. The minimum absolute atomic E-state index is 0.148. The largest absolute Gasteiger partial charge is 0.305 e. The van der Waals surface area contributed by atoms with E-state index in [1.54, 1.807) is 0 Å². The lowest BCUT2D eigenvalue weighted by Crippen LogP contribution is -2.42. The molecule has 0 aromatic carbocycles. The Morgan fingerprint density at radius 1 is 1.50 bits per heavy atom. The van der Waals surface area contributed by atoms with Crippen LogP contribution < -0.4 is 5.32 Å². The maximum Gasteiger partial charge on any atom is 0.149 e. The average Bonchev–Trinajstić information content (AvgIpc) is 2.81. The Morgan fingerprint density at radius 3 is 2.42 bits per heavy atom. The maximum absolute atomic E-state index is 11.5. The first-order valence-electron chi connectivity index (χ1n) is 4.94. The van der Waals surface area contributed by atoms with Crippen molar-refractivity contribution < 1.29 is 4.79 Å². The van der Waals surface area contributed by atoms with Crippen LogP contribution in [0, 0.1) is 5.92 Å². The second-order valence-corrected chi connectivity index (χ2v) is 3.96. The summed E-state index contributed by atoms with van der Waals surface area (Å²) >= 11 is 0. The van der Waals surface area contributed by atoms with E-state index < -0.39 is 0 Å². The van der Waals surface area contributed by atoms with Crippen molar-refractivity contribution in [2.75, 3.05) is 0 Å². The van der Waals surface area contributed by atoms with E-state index >= 15 is 0 Å². The molecule has 2 nitrogen and oxygen atoms in total. The number of carbonyl (C=O) groups excluding carboxylic acids is 1. The molecule has 0 unspecified atom stereocenters. The second-order valence-electron chi connectivity index (χ2n) is 3.96. The van der Waals surface area contributed by atoms with Crippen LogP contribution in [0.1, 0.15) is 40.0 Å². The first-order valence-corrected chi connectivity index (χ1v) is 4.94. The standard InChI is InChI=1S/C10H19NO/c1-4-9(12)10(8-5-6-8)11-7(2)3/h7-8,10-11H,4-6H2,1-3H3/t10-/m1/s1. The van der Waals surface area contributed by atoms with E-state index in [-0.39, 0.29) is 6.04 Å². The molecule has 0 aromatic heterocycles. The number of nitrogens with one attached hydrogen (secondary N) is 1. The fourth-order valence-corrected chi connectivity index (χ4v) is 1.50. The van der Waals surface area contributed by atoms with Crippen LogP contribution in [0.2, 0.25) is 0 Å². The van der Waals surface area contributed by atoms with Gasteiger partial charge in [0.1, 0.15) is 5.78 Å². The van der Waals surface area contributed by atoms with Gasteiger partial charge < -0.3 is 5.32 Å². The van der Waals surface area contributed by atoms with Gasteiger partial charge in [-0.05, 0) is 18.8 Å². The van der Waals surface area contributed by atoms with Gasteiger partial charge in [-0.1, -0.05) is 20.8 Å².